The summed E-state index contributed by atoms with van der Waals surface area (Å²) in [5, 5.41) is 6.28. The molecule has 0 atom stereocenters. The molecule has 2 rings (SSSR count). The molecule has 0 amide bonds. The van der Waals surface area contributed by atoms with Gasteiger partial charge in [0.1, 0.15) is 5.75 Å². The number of benzene rings is 1. The summed E-state index contributed by atoms with van der Waals surface area (Å²) in [6.07, 6.45) is 2.66. The van der Waals surface area contributed by atoms with Crippen LogP contribution in [0.4, 0.5) is 8.78 Å². The van der Waals surface area contributed by atoms with Crippen LogP contribution in [0, 0.1) is 6.92 Å². The minimum Gasteiger partial charge on any atom is -0.434 e. The molecular formula is C18H23F2IN4O. The second kappa shape index (κ2) is 11.6. The van der Waals surface area contributed by atoms with Gasteiger partial charge in [-0.1, -0.05) is 24.3 Å². The minimum atomic E-state index is -2.85. The molecule has 5 nitrogen and oxygen atoms in total. The Morgan fingerprint density at radius 3 is 2.62 bits per heavy atom. The maximum atomic E-state index is 12.4. The van der Waals surface area contributed by atoms with Crippen LogP contribution in [0.1, 0.15) is 16.8 Å². The average Bonchev–Trinajstić information content (AvgIpc) is 2.60. The van der Waals surface area contributed by atoms with Crippen molar-refractivity contribution in [3.05, 3.63) is 59.4 Å². The Hall–Kier alpha value is -1.97. The number of aliphatic imine (C=N–C) groups is 1. The van der Waals surface area contributed by atoms with Gasteiger partial charge < -0.3 is 15.4 Å². The Balaban J connectivity index is 0.00000338. The van der Waals surface area contributed by atoms with Crippen LogP contribution in [-0.2, 0) is 13.0 Å². The van der Waals surface area contributed by atoms with Crippen LogP contribution >= 0.6 is 24.0 Å². The normalized spacial score (nSPS) is 11.0. The van der Waals surface area contributed by atoms with Gasteiger partial charge in [-0.25, -0.2) is 0 Å². The minimum absolute atomic E-state index is 0. The summed E-state index contributed by atoms with van der Waals surface area (Å²) in [5.41, 5.74) is 2.75. The zero-order chi connectivity index (χ0) is 18.1. The molecule has 8 heteroatoms. The lowest BCUT2D eigenvalue weighted by Gasteiger charge is -2.14. The predicted octanol–water partition coefficient (Wildman–Crippen LogP) is 3.52. The third-order valence-corrected chi connectivity index (χ3v) is 3.54. The highest BCUT2D eigenvalue weighted by Crippen LogP contribution is 2.19. The van der Waals surface area contributed by atoms with Gasteiger partial charge in [-0.2, -0.15) is 8.78 Å². The Labute approximate surface area is 169 Å². The van der Waals surface area contributed by atoms with Gasteiger partial charge in [0.2, 0.25) is 0 Å². The van der Waals surface area contributed by atoms with E-state index in [4.69, 9.17) is 0 Å². The fourth-order valence-electron chi connectivity index (χ4n) is 2.23. The molecule has 142 valence electrons. The molecule has 1 heterocycles. The standard InChI is InChI=1S/C18H22F2N4O.HI/c1-13-7-8-14(11-23-13)9-10-22-18(21-2)24-12-15-5-3-4-6-16(15)25-17(19)20;/h3-8,11,17H,9-10,12H2,1-2H3,(H2,21,22,24);1H. The quantitative estimate of drug-likeness (QED) is 0.365. The van der Waals surface area contributed by atoms with E-state index >= 15 is 0 Å². The predicted molar refractivity (Wildman–Crippen MR) is 109 cm³/mol. The van der Waals surface area contributed by atoms with Crippen molar-refractivity contribution in [2.75, 3.05) is 13.6 Å². The van der Waals surface area contributed by atoms with Gasteiger partial charge in [0.15, 0.2) is 5.96 Å². The molecule has 0 aliphatic carbocycles. The molecule has 0 aliphatic heterocycles. The number of nitrogens with zero attached hydrogens (tertiary/aromatic N) is 2. The molecule has 0 saturated carbocycles. The van der Waals surface area contributed by atoms with E-state index in [1.807, 2.05) is 25.3 Å². The fraction of sp³-hybridized carbons (Fsp3) is 0.333. The highest BCUT2D eigenvalue weighted by molar-refractivity contribution is 14.0. The highest BCUT2D eigenvalue weighted by atomic mass is 127. The first-order valence-corrected chi connectivity index (χ1v) is 7.97. The number of ether oxygens (including phenoxy) is 1. The van der Waals surface area contributed by atoms with E-state index in [9.17, 15) is 8.78 Å². The Bertz CT molecular complexity index is 696. The monoisotopic (exact) mass is 476 g/mol. The van der Waals surface area contributed by atoms with Crippen LogP contribution in [0.25, 0.3) is 0 Å². The van der Waals surface area contributed by atoms with E-state index in [0.717, 1.165) is 17.7 Å². The molecule has 2 N–H and O–H groups in total. The smallest absolute Gasteiger partial charge is 0.387 e. The summed E-state index contributed by atoms with van der Waals surface area (Å²) in [5.74, 6) is 0.748. The lowest BCUT2D eigenvalue weighted by atomic mass is 10.2. The van der Waals surface area contributed by atoms with E-state index in [0.29, 0.717) is 24.6 Å². The second-order valence-electron chi connectivity index (χ2n) is 5.40. The molecule has 0 bridgehead atoms. The number of halogens is 3. The van der Waals surface area contributed by atoms with Crippen LogP contribution in [0.5, 0.6) is 5.75 Å². The number of pyridine rings is 1. The van der Waals surface area contributed by atoms with Crippen molar-refractivity contribution in [1.29, 1.82) is 0 Å². The van der Waals surface area contributed by atoms with Gasteiger partial charge in [0, 0.05) is 37.6 Å². The van der Waals surface area contributed by atoms with Crippen molar-refractivity contribution in [3.8, 4) is 5.75 Å². The van der Waals surface area contributed by atoms with Crippen LogP contribution in [0.15, 0.2) is 47.6 Å². The van der Waals surface area contributed by atoms with Crippen LogP contribution < -0.4 is 15.4 Å². The topological polar surface area (TPSA) is 58.5 Å². The average molecular weight is 476 g/mol. The van der Waals surface area contributed by atoms with Gasteiger partial charge in [0.25, 0.3) is 0 Å². The van der Waals surface area contributed by atoms with E-state index in [1.54, 1.807) is 25.2 Å². The van der Waals surface area contributed by atoms with E-state index < -0.39 is 6.61 Å². The lowest BCUT2D eigenvalue weighted by molar-refractivity contribution is -0.0504. The van der Waals surface area contributed by atoms with Gasteiger partial charge in [-0.05, 0) is 31.0 Å². The maximum Gasteiger partial charge on any atom is 0.387 e. The zero-order valence-corrected chi connectivity index (χ0v) is 17.0. The molecular weight excluding hydrogens is 453 g/mol. The number of para-hydroxylation sites is 1. The molecule has 0 aliphatic rings. The third kappa shape index (κ3) is 7.51. The maximum absolute atomic E-state index is 12.4. The number of aromatic nitrogens is 1. The number of nitrogens with one attached hydrogen (secondary N) is 2. The van der Waals surface area contributed by atoms with E-state index in [2.05, 4.69) is 25.3 Å². The lowest BCUT2D eigenvalue weighted by Crippen LogP contribution is -2.38. The molecule has 0 saturated heterocycles. The summed E-state index contributed by atoms with van der Waals surface area (Å²) in [4.78, 5) is 8.39. The largest absolute Gasteiger partial charge is 0.434 e. The van der Waals surface area contributed by atoms with Crippen molar-refractivity contribution in [2.24, 2.45) is 4.99 Å². The number of hydrogen-bond acceptors (Lipinski definition) is 3. The van der Waals surface area contributed by atoms with E-state index in [1.165, 1.54) is 6.07 Å². The summed E-state index contributed by atoms with van der Waals surface area (Å²) >= 11 is 0. The van der Waals surface area contributed by atoms with E-state index in [-0.39, 0.29) is 29.7 Å². The molecule has 1 aromatic carbocycles. The van der Waals surface area contributed by atoms with Gasteiger partial charge >= 0.3 is 6.61 Å². The molecule has 0 unspecified atom stereocenters. The Morgan fingerprint density at radius 2 is 1.96 bits per heavy atom. The summed E-state index contributed by atoms with van der Waals surface area (Å²) in [6, 6.07) is 10.7. The van der Waals surface area contributed by atoms with Crippen molar-refractivity contribution < 1.29 is 13.5 Å². The number of hydrogen-bond donors (Lipinski definition) is 2. The molecule has 2 aromatic rings. The second-order valence-corrected chi connectivity index (χ2v) is 5.40. The summed E-state index contributed by atoms with van der Waals surface area (Å²) < 4.78 is 29.4. The van der Waals surface area contributed by atoms with Crippen LogP contribution in [0.3, 0.4) is 0 Å². The van der Waals surface area contributed by atoms with Crippen molar-refractivity contribution in [2.45, 2.75) is 26.5 Å². The van der Waals surface area contributed by atoms with Gasteiger partial charge in [0.05, 0.1) is 0 Å². The molecule has 0 fully saturated rings. The highest BCUT2D eigenvalue weighted by Gasteiger charge is 2.09. The summed E-state index contributed by atoms with van der Waals surface area (Å²) in [7, 11) is 1.66. The van der Waals surface area contributed by atoms with Crippen LogP contribution in [-0.4, -0.2) is 31.1 Å². The van der Waals surface area contributed by atoms with Gasteiger partial charge in [-0.15, -0.1) is 24.0 Å². The SMILES string of the molecule is CN=C(NCCc1ccc(C)nc1)NCc1ccccc1OC(F)F.I. The van der Waals surface area contributed by atoms with Crippen LogP contribution in [0.2, 0.25) is 0 Å². The summed E-state index contributed by atoms with van der Waals surface area (Å²) in [6.45, 7) is 0.110. The van der Waals surface area contributed by atoms with Crippen molar-refractivity contribution in [1.82, 2.24) is 15.6 Å². The van der Waals surface area contributed by atoms with Crippen molar-refractivity contribution in [3.63, 3.8) is 0 Å². The first-order chi connectivity index (χ1) is 12.1. The zero-order valence-electron chi connectivity index (χ0n) is 14.7. The number of rotatable bonds is 7. The molecule has 26 heavy (non-hydrogen) atoms. The fourth-order valence-corrected chi connectivity index (χ4v) is 2.23. The number of guanidine groups is 1. The Morgan fingerprint density at radius 1 is 1.19 bits per heavy atom. The molecule has 0 spiro atoms. The van der Waals surface area contributed by atoms with Gasteiger partial charge in [-0.3, -0.25) is 9.98 Å². The third-order valence-electron chi connectivity index (χ3n) is 3.54. The number of alkyl halides is 2. The van der Waals surface area contributed by atoms with Crippen molar-refractivity contribution >= 4 is 29.9 Å². The molecule has 1 aromatic heterocycles. The number of aryl methyl sites for hydroxylation is 1. The first-order valence-electron chi connectivity index (χ1n) is 7.97. The Kier molecular flexibility index (Phi) is 9.85. The first kappa shape index (κ1) is 22.1. The molecule has 0 radical (unpaired) electrons.